The minimum Gasteiger partial charge on any atom is -0.339 e. The lowest BCUT2D eigenvalue weighted by atomic mass is 9.91. The smallest absolute Gasteiger partial charge is 0.273 e. The fraction of sp³-hybridized carbons (Fsp3) is 0.391. The number of aliphatic imine (C=N–C) groups is 1. The molecule has 162 valence electrons. The van der Waals surface area contributed by atoms with E-state index in [0.717, 1.165) is 11.4 Å². The van der Waals surface area contributed by atoms with E-state index in [1.54, 1.807) is 17.0 Å². The lowest BCUT2D eigenvalue weighted by molar-refractivity contribution is -0.119. The molecule has 1 aromatic heterocycles. The minimum atomic E-state index is -0.673. The van der Waals surface area contributed by atoms with Gasteiger partial charge in [-0.25, -0.2) is 14.4 Å². The summed E-state index contributed by atoms with van der Waals surface area (Å²) in [6.07, 6.45) is 1.63. The fourth-order valence-corrected chi connectivity index (χ4v) is 4.32. The molecule has 0 fully saturated rings. The molecule has 3 heterocycles. The van der Waals surface area contributed by atoms with E-state index in [0.29, 0.717) is 17.9 Å². The molecule has 2 amide bonds. The Balaban J connectivity index is 1.71. The molecular weight excluding hydrogens is 419 g/mol. The Morgan fingerprint density at radius 1 is 1.16 bits per heavy atom. The second-order valence-electron chi connectivity index (χ2n) is 9.24. The van der Waals surface area contributed by atoms with Gasteiger partial charge in [-0.1, -0.05) is 25.4 Å². The Kier molecular flexibility index (Phi) is 5.12. The number of aromatic nitrogens is 1. The van der Waals surface area contributed by atoms with E-state index >= 15 is 0 Å². The summed E-state index contributed by atoms with van der Waals surface area (Å²) < 4.78 is 14.1. The Bertz CT molecular complexity index is 1110. The van der Waals surface area contributed by atoms with Crippen LogP contribution in [0.4, 0.5) is 15.8 Å². The number of hydrogen-bond donors (Lipinski definition) is 0. The van der Waals surface area contributed by atoms with Gasteiger partial charge in [0.1, 0.15) is 11.5 Å². The summed E-state index contributed by atoms with van der Waals surface area (Å²) in [5.74, 6) is -0.972. The molecule has 0 spiro atoms. The highest BCUT2D eigenvalue weighted by Crippen LogP contribution is 2.43. The molecule has 0 radical (unpaired) electrons. The molecule has 2 aliphatic heterocycles. The van der Waals surface area contributed by atoms with Crippen LogP contribution in [-0.4, -0.2) is 46.5 Å². The number of carbonyl (C=O) groups is 2. The highest BCUT2D eigenvalue weighted by atomic mass is 35.5. The van der Waals surface area contributed by atoms with Crippen molar-refractivity contribution >= 4 is 41.0 Å². The van der Waals surface area contributed by atoms with Crippen molar-refractivity contribution in [3.63, 3.8) is 0 Å². The molecule has 4 rings (SSSR count). The molecule has 0 N–H and O–H groups in total. The molecule has 0 aliphatic carbocycles. The zero-order valence-electron chi connectivity index (χ0n) is 17.9. The highest BCUT2D eigenvalue weighted by Gasteiger charge is 2.40. The standard InChI is InChI=1S/C23H24ClFN4O2/c1-22(2)13-28(14-5-6-15(24)16(25)11-14)18-8-7-17(27-20(18)22)21(31)29-10-9-26-19(30)12-23(29,3)4/h5-9,11H,10,12-13H2,1-4H3. The second kappa shape index (κ2) is 7.41. The van der Waals surface area contributed by atoms with Crippen molar-refractivity contribution in [3.8, 4) is 0 Å². The van der Waals surface area contributed by atoms with Gasteiger partial charge in [0.2, 0.25) is 5.91 Å². The minimum absolute atomic E-state index is 0.0728. The van der Waals surface area contributed by atoms with Crippen molar-refractivity contribution in [2.45, 2.75) is 45.1 Å². The zero-order valence-corrected chi connectivity index (χ0v) is 18.7. The average Bonchev–Trinajstić information content (AvgIpc) is 2.87. The quantitative estimate of drug-likeness (QED) is 0.685. The molecule has 2 aliphatic rings. The van der Waals surface area contributed by atoms with Crippen molar-refractivity contribution < 1.29 is 14.0 Å². The number of rotatable bonds is 2. The molecule has 0 saturated heterocycles. The Morgan fingerprint density at radius 3 is 2.61 bits per heavy atom. The van der Waals surface area contributed by atoms with Crippen molar-refractivity contribution in [2.75, 3.05) is 18.0 Å². The van der Waals surface area contributed by atoms with Crippen molar-refractivity contribution in [2.24, 2.45) is 4.99 Å². The van der Waals surface area contributed by atoms with Gasteiger partial charge in [0.25, 0.3) is 5.91 Å². The lowest BCUT2D eigenvalue weighted by Gasteiger charge is -2.35. The van der Waals surface area contributed by atoms with E-state index < -0.39 is 11.4 Å². The van der Waals surface area contributed by atoms with Crippen LogP contribution in [0, 0.1) is 5.82 Å². The Labute approximate surface area is 185 Å². The van der Waals surface area contributed by atoms with Crippen LogP contribution in [0.15, 0.2) is 35.3 Å². The van der Waals surface area contributed by atoms with Crippen LogP contribution in [0.3, 0.4) is 0 Å². The van der Waals surface area contributed by atoms with Crippen LogP contribution < -0.4 is 4.90 Å². The molecule has 0 bridgehead atoms. The van der Waals surface area contributed by atoms with Crippen LogP contribution >= 0.6 is 11.6 Å². The molecule has 0 unspecified atom stereocenters. The topological polar surface area (TPSA) is 65.9 Å². The van der Waals surface area contributed by atoms with Gasteiger partial charge in [-0.15, -0.1) is 0 Å². The normalized spacial score (nSPS) is 19.4. The molecular formula is C23H24ClFN4O2. The first-order valence-electron chi connectivity index (χ1n) is 10.1. The van der Waals surface area contributed by atoms with Gasteiger partial charge in [-0.3, -0.25) is 9.59 Å². The first-order valence-corrected chi connectivity index (χ1v) is 10.5. The number of fused-ring (bicyclic) bond motifs is 1. The maximum Gasteiger partial charge on any atom is 0.273 e. The van der Waals surface area contributed by atoms with E-state index in [2.05, 4.69) is 4.99 Å². The molecule has 0 atom stereocenters. The number of anilines is 2. The first-order chi connectivity index (χ1) is 14.5. The molecule has 31 heavy (non-hydrogen) atoms. The van der Waals surface area contributed by atoms with Crippen molar-refractivity contribution in [1.82, 2.24) is 9.88 Å². The number of hydrogen-bond acceptors (Lipinski definition) is 4. The van der Waals surface area contributed by atoms with Gasteiger partial charge < -0.3 is 9.80 Å². The Morgan fingerprint density at radius 2 is 1.90 bits per heavy atom. The maximum absolute atomic E-state index is 14.1. The molecule has 0 saturated carbocycles. The third kappa shape index (κ3) is 3.82. The third-order valence-corrected chi connectivity index (χ3v) is 6.16. The molecule has 1 aromatic carbocycles. The summed E-state index contributed by atoms with van der Waals surface area (Å²) in [5, 5.41) is 0.0728. The largest absolute Gasteiger partial charge is 0.339 e. The van der Waals surface area contributed by atoms with Gasteiger partial charge in [-0.05, 0) is 44.2 Å². The average molecular weight is 443 g/mol. The monoisotopic (exact) mass is 442 g/mol. The maximum atomic E-state index is 14.1. The van der Waals surface area contributed by atoms with Crippen LogP contribution in [-0.2, 0) is 10.2 Å². The van der Waals surface area contributed by atoms with E-state index in [-0.39, 0.29) is 35.2 Å². The predicted molar refractivity (Wildman–Crippen MR) is 119 cm³/mol. The summed E-state index contributed by atoms with van der Waals surface area (Å²) >= 11 is 5.84. The van der Waals surface area contributed by atoms with E-state index in [9.17, 15) is 14.0 Å². The second-order valence-corrected chi connectivity index (χ2v) is 9.65. The summed E-state index contributed by atoms with van der Waals surface area (Å²) in [5.41, 5.74) is 1.56. The summed E-state index contributed by atoms with van der Waals surface area (Å²) in [4.78, 5) is 37.4. The summed E-state index contributed by atoms with van der Waals surface area (Å²) in [6, 6.07) is 8.24. The van der Waals surface area contributed by atoms with E-state index in [4.69, 9.17) is 16.6 Å². The third-order valence-electron chi connectivity index (χ3n) is 5.85. The van der Waals surface area contributed by atoms with Crippen LogP contribution in [0.1, 0.15) is 50.3 Å². The first kappa shape index (κ1) is 21.4. The SMILES string of the molecule is CC1(C)CN(c2ccc(Cl)c(F)c2)c2ccc(C(=O)N3CC=NC(=O)CC3(C)C)nc21. The predicted octanol–water partition coefficient (Wildman–Crippen LogP) is 4.53. The number of carbonyl (C=O) groups excluding carboxylic acids is 2. The van der Waals surface area contributed by atoms with Gasteiger partial charge in [-0.2, -0.15) is 0 Å². The number of amides is 2. The van der Waals surface area contributed by atoms with E-state index in [1.807, 2.05) is 38.7 Å². The molecule has 2 aromatic rings. The zero-order chi connectivity index (χ0) is 22.6. The van der Waals surface area contributed by atoms with E-state index in [1.165, 1.54) is 18.3 Å². The highest BCUT2D eigenvalue weighted by molar-refractivity contribution is 6.30. The van der Waals surface area contributed by atoms with Crippen molar-refractivity contribution in [1.29, 1.82) is 0 Å². The van der Waals surface area contributed by atoms with Gasteiger partial charge in [0.15, 0.2) is 0 Å². The van der Waals surface area contributed by atoms with Gasteiger partial charge in [0.05, 0.1) is 29.4 Å². The van der Waals surface area contributed by atoms with Crippen LogP contribution in [0.2, 0.25) is 5.02 Å². The summed E-state index contributed by atoms with van der Waals surface area (Å²) in [6.45, 7) is 8.62. The van der Waals surface area contributed by atoms with Crippen LogP contribution in [0.25, 0.3) is 0 Å². The van der Waals surface area contributed by atoms with Crippen LogP contribution in [0.5, 0.6) is 0 Å². The van der Waals surface area contributed by atoms with Gasteiger partial charge >= 0.3 is 0 Å². The lowest BCUT2D eigenvalue weighted by Crippen LogP contribution is -2.48. The number of halogens is 2. The Hall–Kier alpha value is -2.80. The summed E-state index contributed by atoms with van der Waals surface area (Å²) in [7, 11) is 0. The number of benzene rings is 1. The van der Waals surface area contributed by atoms with Gasteiger partial charge in [0, 0.05) is 29.4 Å². The van der Waals surface area contributed by atoms with Crippen molar-refractivity contribution in [3.05, 3.63) is 52.6 Å². The fourth-order valence-electron chi connectivity index (χ4n) is 4.20. The number of nitrogens with zero attached hydrogens (tertiary/aromatic N) is 4. The molecule has 8 heteroatoms. The molecule has 6 nitrogen and oxygen atoms in total. The number of pyridine rings is 1.